The van der Waals surface area contributed by atoms with Crippen LogP contribution in [0.3, 0.4) is 0 Å². The zero-order chi connectivity index (χ0) is 11.4. The quantitative estimate of drug-likeness (QED) is 0.829. The molecule has 1 aromatic rings. The molecule has 0 aliphatic rings. The lowest BCUT2D eigenvalue weighted by Gasteiger charge is -2.26. The number of carboxylic acid groups (broad SMARTS) is 1. The smallest absolute Gasteiger partial charge is 0.326 e. The van der Waals surface area contributed by atoms with E-state index in [2.05, 4.69) is 0 Å². The van der Waals surface area contributed by atoms with Gasteiger partial charge in [0.25, 0.3) is 0 Å². The van der Waals surface area contributed by atoms with Gasteiger partial charge in [0, 0.05) is 7.05 Å². The van der Waals surface area contributed by atoms with Crippen LogP contribution in [0.5, 0.6) is 0 Å². The third-order valence-electron chi connectivity index (χ3n) is 2.37. The lowest BCUT2D eigenvalue weighted by molar-refractivity contribution is -0.138. The Morgan fingerprint density at radius 3 is 2.60 bits per heavy atom. The van der Waals surface area contributed by atoms with Crippen LogP contribution in [0.4, 0.5) is 10.1 Å². The first kappa shape index (κ1) is 11.5. The van der Waals surface area contributed by atoms with E-state index in [-0.39, 0.29) is 0 Å². The summed E-state index contributed by atoms with van der Waals surface area (Å²) in [5.41, 5.74) is 0.312. The molecule has 0 spiro atoms. The van der Waals surface area contributed by atoms with E-state index in [1.807, 2.05) is 0 Å². The fraction of sp³-hybridized carbons (Fsp3) is 0.364. The number of likely N-dealkylation sites (N-methyl/N-ethyl adjacent to an activating group) is 1. The predicted octanol–water partition coefficient (Wildman–Crippen LogP) is 2.13. The highest BCUT2D eigenvalue weighted by atomic mass is 19.1. The second-order valence-electron chi connectivity index (χ2n) is 3.32. The average molecular weight is 211 g/mol. The number of carbonyl (C=O) groups is 1. The van der Waals surface area contributed by atoms with Crippen LogP contribution < -0.4 is 4.90 Å². The summed E-state index contributed by atoms with van der Waals surface area (Å²) in [4.78, 5) is 12.3. The second kappa shape index (κ2) is 4.77. The Labute approximate surface area is 88.1 Å². The highest BCUT2D eigenvalue weighted by molar-refractivity contribution is 5.78. The van der Waals surface area contributed by atoms with Crippen molar-refractivity contribution in [3.8, 4) is 0 Å². The van der Waals surface area contributed by atoms with Gasteiger partial charge in [0.15, 0.2) is 0 Å². The van der Waals surface area contributed by atoms with Gasteiger partial charge in [-0.25, -0.2) is 9.18 Å². The highest BCUT2D eigenvalue weighted by Gasteiger charge is 2.22. The molecule has 0 aliphatic heterocycles. The van der Waals surface area contributed by atoms with Gasteiger partial charge in [-0.2, -0.15) is 0 Å². The van der Waals surface area contributed by atoms with Crippen molar-refractivity contribution in [2.45, 2.75) is 19.4 Å². The van der Waals surface area contributed by atoms with Gasteiger partial charge in [-0.3, -0.25) is 0 Å². The minimum absolute atomic E-state index is 0.312. The molecule has 4 heteroatoms. The summed E-state index contributed by atoms with van der Waals surface area (Å²) in [6.45, 7) is 1.76. The van der Waals surface area contributed by atoms with Gasteiger partial charge in [-0.05, 0) is 18.6 Å². The summed E-state index contributed by atoms with van der Waals surface area (Å²) in [6.07, 6.45) is 0.431. The van der Waals surface area contributed by atoms with Crippen molar-refractivity contribution >= 4 is 11.7 Å². The molecule has 0 fully saturated rings. The molecule has 1 atom stereocenters. The Morgan fingerprint density at radius 2 is 2.13 bits per heavy atom. The van der Waals surface area contributed by atoms with E-state index in [9.17, 15) is 9.18 Å². The third-order valence-corrected chi connectivity index (χ3v) is 2.37. The molecular formula is C11H14FNO2. The van der Waals surface area contributed by atoms with Gasteiger partial charge >= 0.3 is 5.97 Å². The first-order valence-corrected chi connectivity index (χ1v) is 4.78. The van der Waals surface area contributed by atoms with Crippen molar-refractivity contribution in [1.29, 1.82) is 0 Å². The Bertz CT molecular complexity index is 354. The van der Waals surface area contributed by atoms with Gasteiger partial charge in [0.05, 0.1) is 5.69 Å². The van der Waals surface area contributed by atoms with Crippen LogP contribution in [-0.4, -0.2) is 24.2 Å². The molecule has 0 aliphatic carbocycles. The van der Waals surface area contributed by atoms with Gasteiger partial charge in [-0.1, -0.05) is 19.1 Å². The molecule has 1 rings (SSSR count). The van der Waals surface area contributed by atoms with E-state index in [0.717, 1.165) is 0 Å². The summed E-state index contributed by atoms with van der Waals surface area (Å²) >= 11 is 0. The van der Waals surface area contributed by atoms with Crippen LogP contribution in [0.25, 0.3) is 0 Å². The molecule has 0 amide bonds. The standard InChI is InChI=1S/C11H14FNO2/c1-3-9(11(14)15)13(2)10-7-5-4-6-8(10)12/h4-7,9H,3H2,1-2H3,(H,14,15). The molecule has 0 bridgehead atoms. The molecule has 1 N–H and O–H groups in total. The van der Waals surface area contributed by atoms with Crippen LogP contribution in [0.2, 0.25) is 0 Å². The number of benzene rings is 1. The van der Waals surface area contributed by atoms with Gasteiger partial charge in [0.1, 0.15) is 11.9 Å². The lowest BCUT2D eigenvalue weighted by Crippen LogP contribution is -2.38. The third kappa shape index (κ3) is 2.46. The van der Waals surface area contributed by atoms with E-state index >= 15 is 0 Å². The molecule has 82 valence electrons. The van der Waals surface area contributed by atoms with Crippen molar-refractivity contribution in [2.24, 2.45) is 0 Å². The predicted molar refractivity (Wildman–Crippen MR) is 56.5 cm³/mol. The lowest BCUT2D eigenvalue weighted by atomic mass is 10.1. The molecule has 15 heavy (non-hydrogen) atoms. The number of rotatable bonds is 4. The minimum atomic E-state index is -0.941. The Balaban J connectivity index is 2.97. The van der Waals surface area contributed by atoms with Crippen LogP contribution in [0.1, 0.15) is 13.3 Å². The van der Waals surface area contributed by atoms with E-state index in [0.29, 0.717) is 12.1 Å². The fourth-order valence-corrected chi connectivity index (χ4v) is 1.52. The van der Waals surface area contributed by atoms with Crippen LogP contribution in [0, 0.1) is 5.82 Å². The largest absolute Gasteiger partial charge is 0.480 e. The number of carboxylic acids is 1. The van der Waals surface area contributed by atoms with Crippen LogP contribution >= 0.6 is 0 Å². The van der Waals surface area contributed by atoms with Crippen LogP contribution in [-0.2, 0) is 4.79 Å². The Morgan fingerprint density at radius 1 is 1.53 bits per heavy atom. The number of para-hydroxylation sites is 1. The maximum atomic E-state index is 13.4. The van der Waals surface area contributed by atoms with Crippen molar-refractivity contribution in [3.05, 3.63) is 30.1 Å². The topological polar surface area (TPSA) is 40.5 Å². The average Bonchev–Trinajstić information content (AvgIpc) is 2.18. The number of nitrogens with zero attached hydrogens (tertiary/aromatic N) is 1. The summed E-state index contributed by atoms with van der Waals surface area (Å²) in [5, 5.41) is 8.93. The van der Waals surface area contributed by atoms with E-state index in [4.69, 9.17) is 5.11 Å². The highest BCUT2D eigenvalue weighted by Crippen LogP contribution is 2.20. The second-order valence-corrected chi connectivity index (χ2v) is 3.32. The Kier molecular flexibility index (Phi) is 3.66. The van der Waals surface area contributed by atoms with Crippen molar-refractivity contribution in [1.82, 2.24) is 0 Å². The van der Waals surface area contributed by atoms with Gasteiger partial charge in [-0.15, -0.1) is 0 Å². The first-order valence-electron chi connectivity index (χ1n) is 4.78. The maximum Gasteiger partial charge on any atom is 0.326 e. The summed E-state index contributed by atoms with van der Waals surface area (Å²) in [6, 6.07) is 5.46. The molecule has 1 aromatic carbocycles. The fourth-order valence-electron chi connectivity index (χ4n) is 1.52. The molecular weight excluding hydrogens is 197 g/mol. The molecule has 0 saturated carbocycles. The van der Waals surface area contributed by atoms with Gasteiger partial charge in [0.2, 0.25) is 0 Å². The van der Waals surface area contributed by atoms with Crippen molar-refractivity contribution in [3.63, 3.8) is 0 Å². The van der Waals surface area contributed by atoms with Crippen molar-refractivity contribution < 1.29 is 14.3 Å². The summed E-state index contributed by atoms with van der Waals surface area (Å²) in [7, 11) is 1.58. The van der Waals surface area contributed by atoms with Crippen LogP contribution in [0.15, 0.2) is 24.3 Å². The number of halogens is 1. The number of aliphatic carboxylic acids is 1. The molecule has 1 unspecified atom stereocenters. The Hall–Kier alpha value is -1.58. The number of anilines is 1. The van der Waals surface area contributed by atoms with E-state index < -0.39 is 17.8 Å². The van der Waals surface area contributed by atoms with E-state index in [1.54, 1.807) is 32.2 Å². The molecule has 3 nitrogen and oxygen atoms in total. The number of hydrogen-bond donors (Lipinski definition) is 1. The maximum absolute atomic E-state index is 13.4. The first-order chi connectivity index (χ1) is 7.07. The summed E-state index contributed by atoms with van der Waals surface area (Å²) < 4.78 is 13.4. The molecule has 0 heterocycles. The molecule has 0 aromatic heterocycles. The number of hydrogen-bond acceptors (Lipinski definition) is 2. The normalized spacial score (nSPS) is 12.2. The summed E-state index contributed by atoms with van der Waals surface area (Å²) in [5.74, 6) is -1.34. The SMILES string of the molecule is CCC(C(=O)O)N(C)c1ccccc1F. The zero-order valence-electron chi connectivity index (χ0n) is 8.77. The molecule has 0 radical (unpaired) electrons. The monoisotopic (exact) mass is 211 g/mol. The molecule has 0 saturated heterocycles. The van der Waals surface area contributed by atoms with Crippen molar-refractivity contribution in [2.75, 3.05) is 11.9 Å². The van der Waals surface area contributed by atoms with E-state index in [1.165, 1.54) is 11.0 Å². The minimum Gasteiger partial charge on any atom is -0.480 e. The zero-order valence-corrected chi connectivity index (χ0v) is 8.77. The van der Waals surface area contributed by atoms with Gasteiger partial charge < -0.3 is 10.0 Å².